The van der Waals surface area contributed by atoms with Crippen LogP contribution in [-0.4, -0.2) is 0 Å². The minimum absolute atomic E-state index is 0.0183. The summed E-state index contributed by atoms with van der Waals surface area (Å²) in [6.45, 7) is 2.04. The first-order valence-corrected chi connectivity index (χ1v) is 8.18. The summed E-state index contributed by atoms with van der Waals surface area (Å²) in [5.41, 5.74) is 8.61. The van der Waals surface area contributed by atoms with E-state index in [1.807, 2.05) is 13.0 Å². The summed E-state index contributed by atoms with van der Waals surface area (Å²) in [6.07, 6.45) is 0.785. The summed E-state index contributed by atoms with van der Waals surface area (Å²) in [7, 11) is 0. The topological polar surface area (TPSA) is 26.0 Å². The minimum Gasteiger partial charge on any atom is -0.323 e. The fraction of sp³-hybridized carbons (Fsp3) is 0.200. The third kappa shape index (κ3) is 2.70. The van der Waals surface area contributed by atoms with Crippen molar-refractivity contribution in [2.24, 2.45) is 5.73 Å². The second-order valence-corrected chi connectivity index (χ2v) is 7.17. The van der Waals surface area contributed by atoms with E-state index in [1.165, 1.54) is 19.8 Å². The van der Waals surface area contributed by atoms with Gasteiger partial charge >= 0.3 is 0 Å². The average Bonchev–Trinajstić information content (AvgIpc) is 2.93. The van der Waals surface area contributed by atoms with Crippen LogP contribution in [0, 0.1) is 6.92 Å². The minimum atomic E-state index is 0.0183. The molecule has 2 N–H and O–H groups in total. The molecule has 0 aliphatic carbocycles. The zero-order valence-corrected chi connectivity index (χ0v) is 12.9. The Kier molecular flexibility index (Phi) is 3.63. The predicted molar refractivity (Wildman–Crippen MR) is 86.5 cm³/mol. The van der Waals surface area contributed by atoms with Gasteiger partial charge in [0.2, 0.25) is 0 Å². The van der Waals surface area contributed by atoms with Gasteiger partial charge in [0.05, 0.1) is 0 Å². The SMILES string of the molecule is Cc1ccc(CC(N)c2cc3sccc3s2)c(Cl)c1. The third-order valence-electron chi connectivity index (χ3n) is 3.17. The maximum Gasteiger partial charge on any atom is 0.0454 e. The Morgan fingerprint density at radius 3 is 2.79 bits per heavy atom. The molecule has 98 valence electrons. The van der Waals surface area contributed by atoms with E-state index in [0.717, 1.165) is 17.0 Å². The standard InChI is InChI=1S/C15H14ClNS2/c1-9-2-3-10(11(16)6-9)7-12(17)14-8-15-13(19-14)4-5-18-15/h2-6,8,12H,7,17H2,1H3. The lowest BCUT2D eigenvalue weighted by molar-refractivity contribution is 0.737. The Bertz CT molecular complexity index is 685. The third-order valence-corrected chi connectivity index (χ3v) is 5.75. The van der Waals surface area contributed by atoms with Crippen molar-refractivity contribution in [2.45, 2.75) is 19.4 Å². The van der Waals surface area contributed by atoms with Crippen LogP contribution in [-0.2, 0) is 6.42 Å². The molecule has 2 heterocycles. The highest BCUT2D eigenvalue weighted by Gasteiger charge is 2.13. The Morgan fingerprint density at radius 1 is 1.21 bits per heavy atom. The van der Waals surface area contributed by atoms with E-state index in [2.05, 4.69) is 29.6 Å². The lowest BCUT2D eigenvalue weighted by Crippen LogP contribution is -2.12. The van der Waals surface area contributed by atoms with Crippen LogP contribution >= 0.6 is 34.3 Å². The first-order valence-electron chi connectivity index (χ1n) is 6.11. The molecule has 0 radical (unpaired) electrons. The smallest absolute Gasteiger partial charge is 0.0454 e. The molecule has 0 aliphatic heterocycles. The number of aryl methyl sites for hydroxylation is 1. The van der Waals surface area contributed by atoms with Crippen molar-refractivity contribution in [3.05, 3.63) is 56.7 Å². The molecular formula is C15H14ClNS2. The molecule has 4 heteroatoms. The van der Waals surface area contributed by atoms with Crippen molar-refractivity contribution in [2.75, 3.05) is 0 Å². The van der Waals surface area contributed by atoms with Gasteiger partial charge in [-0.2, -0.15) is 0 Å². The van der Waals surface area contributed by atoms with Crippen molar-refractivity contribution in [3.8, 4) is 0 Å². The monoisotopic (exact) mass is 307 g/mol. The van der Waals surface area contributed by atoms with E-state index < -0.39 is 0 Å². The maximum absolute atomic E-state index is 6.31. The second-order valence-electron chi connectivity index (χ2n) is 4.70. The van der Waals surface area contributed by atoms with Gasteiger partial charge in [-0.15, -0.1) is 22.7 Å². The summed E-state index contributed by atoms with van der Waals surface area (Å²) in [6, 6.07) is 10.5. The molecule has 0 amide bonds. The lowest BCUT2D eigenvalue weighted by atomic mass is 10.0. The van der Waals surface area contributed by atoms with Gasteiger partial charge in [0.1, 0.15) is 0 Å². The van der Waals surface area contributed by atoms with Crippen molar-refractivity contribution < 1.29 is 0 Å². The summed E-state index contributed by atoms with van der Waals surface area (Å²) in [5, 5.41) is 2.93. The number of thiophene rings is 2. The Balaban J connectivity index is 1.84. The Labute approximate surface area is 125 Å². The van der Waals surface area contributed by atoms with E-state index in [0.29, 0.717) is 0 Å². The highest BCUT2D eigenvalue weighted by molar-refractivity contribution is 7.26. The molecule has 3 aromatic rings. The maximum atomic E-state index is 6.31. The summed E-state index contributed by atoms with van der Waals surface area (Å²) < 4.78 is 2.65. The van der Waals surface area contributed by atoms with Gasteiger partial charge in [0, 0.05) is 25.3 Å². The molecule has 0 aliphatic rings. The lowest BCUT2D eigenvalue weighted by Gasteiger charge is -2.11. The van der Waals surface area contributed by atoms with Gasteiger partial charge in [-0.3, -0.25) is 0 Å². The molecule has 1 aromatic carbocycles. The molecule has 1 nitrogen and oxygen atoms in total. The van der Waals surface area contributed by atoms with E-state index >= 15 is 0 Å². The number of hydrogen-bond acceptors (Lipinski definition) is 3. The summed E-state index contributed by atoms with van der Waals surface area (Å²) >= 11 is 9.82. The number of benzene rings is 1. The number of halogens is 1. The Hall–Kier alpha value is -0.870. The van der Waals surface area contributed by atoms with Crippen LogP contribution in [0.5, 0.6) is 0 Å². The number of fused-ring (bicyclic) bond motifs is 1. The average molecular weight is 308 g/mol. The van der Waals surface area contributed by atoms with E-state index in [9.17, 15) is 0 Å². The molecule has 1 atom stereocenters. The number of nitrogens with two attached hydrogens (primary N) is 1. The van der Waals surface area contributed by atoms with Crippen molar-refractivity contribution in [1.82, 2.24) is 0 Å². The number of hydrogen-bond donors (Lipinski definition) is 1. The van der Waals surface area contributed by atoms with Crippen LogP contribution < -0.4 is 5.73 Å². The molecule has 1 unspecified atom stereocenters. The fourth-order valence-corrected chi connectivity index (χ4v) is 4.56. The van der Waals surface area contributed by atoms with Crippen molar-refractivity contribution in [3.63, 3.8) is 0 Å². The quantitative estimate of drug-likeness (QED) is 0.710. The fourth-order valence-electron chi connectivity index (χ4n) is 2.12. The molecule has 0 saturated carbocycles. The molecule has 0 saturated heterocycles. The van der Waals surface area contributed by atoms with Crippen LogP contribution in [0.4, 0.5) is 0 Å². The molecule has 3 rings (SSSR count). The van der Waals surface area contributed by atoms with E-state index in [4.69, 9.17) is 17.3 Å². The molecule has 0 bridgehead atoms. The van der Waals surface area contributed by atoms with Gasteiger partial charge in [0.25, 0.3) is 0 Å². The van der Waals surface area contributed by atoms with Gasteiger partial charge in [-0.05, 0) is 48.1 Å². The first kappa shape index (κ1) is 13.1. The normalized spacial score (nSPS) is 13.0. The van der Waals surface area contributed by atoms with Crippen LogP contribution in [0.3, 0.4) is 0 Å². The van der Waals surface area contributed by atoms with E-state index in [-0.39, 0.29) is 6.04 Å². The van der Waals surface area contributed by atoms with Crippen LogP contribution in [0.2, 0.25) is 5.02 Å². The largest absolute Gasteiger partial charge is 0.323 e. The van der Waals surface area contributed by atoms with Crippen LogP contribution in [0.25, 0.3) is 9.40 Å². The first-order chi connectivity index (χ1) is 9.13. The Morgan fingerprint density at radius 2 is 2.05 bits per heavy atom. The van der Waals surface area contributed by atoms with E-state index in [1.54, 1.807) is 22.7 Å². The van der Waals surface area contributed by atoms with Gasteiger partial charge < -0.3 is 5.73 Å². The highest BCUT2D eigenvalue weighted by atomic mass is 35.5. The molecular weight excluding hydrogens is 294 g/mol. The number of rotatable bonds is 3. The highest BCUT2D eigenvalue weighted by Crippen LogP contribution is 2.34. The van der Waals surface area contributed by atoms with Crippen LogP contribution in [0.1, 0.15) is 22.0 Å². The summed E-state index contributed by atoms with van der Waals surface area (Å²) in [5.74, 6) is 0. The van der Waals surface area contributed by atoms with Crippen molar-refractivity contribution in [1.29, 1.82) is 0 Å². The predicted octanol–water partition coefficient (Wildman–Crippen LogP) is 5.17. The van der Waals surface area contributed by atoms with Gasteiger partial charge in [0.15, 0.2) is 0 Å². The summed E-state index contributed by atoms with van der Waals surface area (Å²) in [4.78, 5) is 1.23. The second kappa shape index (κ2) is 5.25. The van der Waals surface area contributed by atoms with Gasteiger partial charge in [-0.25, -0.2) is 0 Å². The zero-order chi connectivity index (χ0) is 13.4. The van der Waals surface area contributed by atoms with Crippen LogP contribution in [0.15, 0.2) is 35.7 Å². The van der Waals surface area contributed by atoms with Crippen molar-refractivity contribution >= 4 is 43.7 Å². The molecule has 2 aromatic heterocycles. The zero-order valence-electron chi connectivity index (χ0n) is 10.5. The molecule has 0 spiro atoms. The molecule has 0 fully saturated rings. The van der Waals surface area contributed by atoms with Gasteiger partial charge in [-0.1, -0.05) is 23.7 Å². The molecule has 19 heavy (non-hydrogen) atoms.